The number of nitrogens with zero attached hydrogens (tertiary/aromatic N) is 2. The van der Waals surface area contributed by atoms with Crippen molar-refractivity contribution in [2.75, 3.05) is 7.11 Å². The first kappa shape index (κ1) is 23.4. The number of rotatable bonds is 9. The average Bonchev–Trinajstić information content (AvgIpc) is 2.82. The minimum absolute atomic E-state index is 0.164. The van der Waals surface area contributed by atoms with Crippen molar-refractivity contribution in [3.63, 3.8) is 0 Å². The zero-order chi connectivity index (χ0) is 22.8. The van der Waals surface area contributed by atoms with Gasteiger partial charge in [0.2, 0.25) is 0 Å². The van der Waals surface area contributed by atoms with Crippen LogP contribution < -0.4 is 20.7 Å². The van der Waals surface area contributed by atoms with Gasteiger partial charge >= 0.3 is 7.12 Å². The first-order chi connectivity index (χ1) is 15.6. The summed E-state index contributed by atoms with van der Waals surface area (Å²) in [6.07, 6.45) is 1.46. The highest BCUT2D eigenvalue weighted by atomic mass is 32.2. The zero-order valence-corrected chi connectivity index (χ0v) is 18.4. The highest BCUT2D eigenvalue weighted by Crippen LogP contribution is 2.27. The molecule has 7 nitrogen and oxygen atoms in total. The lowest BCUT2D eigenvalue weighted by atomic mass is 9.78. The summed E-state index contributed by atoms with van der Waals surface area (Å²) in [5, 5.41) is 28.0. The van der Waals surface area contributed by atoms with Gasteiger partial charge in [0.1, 0.15) is 6.61 Å². The maximum Gasteiger partial charge on any atom is 0.492 e. The van der Waals surface area contributed by atoms with Gasteiger partial charge in [-0.15, -0.1) is 5.10 Å². The molecular weight excluding hydrogens is 425 g/mol. The topological polar surface area (TPSA) is 110 Å². The van der Waals surface area contributed by atoms with Crippen LogP contribution in [0.15, 0.2) is 83.0 Å². The largest absolute Gasteiger partial charge is 0.493 e. The molecule has 0 aliphatic rings. The molecule has 0 unspecified atom stereocenters. The van der Waals surface area contributed by atoms with E-state index in [1.54, 1.807) is 12.1 Å². The Balaban J connectivity index is 1.72. The minimum Gasteiger partial charge on any atom is -0.493 e. The number of methoxy groups -OCH3 is 1. The van der Waals surface area contributed by atoms with E-state index in [-0.39, 0.29) is 17.8 Å². The maximum atomic E-state index is 9.86. The summed E-state index contributed by atoms with van der Waals surface area (Å²) in [7, 11) is -0.270. The molecule has 0 spiro atoms. The Morgan fingerprint density at radius 2 is 1.69 bits per heavy atom. The monoisotopic (exact) mass is 449 g/mol. The standard InChI is InChI=1S/C23H24BN3O4S/c1-30-21-13-19(14-26-27-23(25)32-16-18-10-6-3-7-11-18)12-20(24(28)29)22(21)31-15-17-8-4-2-5-9-17/h2-14,28-29H,15-16H2,1H3,(H2,25,27). The summed E-state index contributed by atoms with van der Waals surface area (Å²) in [5.74, 6) is 1.29. The number of benzene rings is 3. The van der Waals surface area contributed by atoms with Gasteiger partial charge in [0.05, 0.1) is 13.3 Å². The summed E-state index contributed by atoms with van der Waals surface area (Å²) in [6, 6.07) is 22.7. The molecule has 3 aromatic rings. The third kappa shape index (κ3) is 6.88. The second-order valence-electron chi connectivity index (χ2n) is 6.75. The van der Waals surface area contributed by atoms with Gasteiger partial charge in [-0.3, -0.25) is 0 Å². The normalized spacial score (nSPS) is 11.5. The van der Waals surface area contributed by atoms with E-state index >= 15 is 0 Å². The van der Waals surface area contributed by atoms with E-state index in [0.29, 0.717) is 22.2 Å². The average molecular weight is 449 g/mol. The Bertz CT molecular complexity index is 1060. The van der Waals surface area contributed by atoms with Gasteiger partial charge in [-0.25, -0.2) is 0 Å². The van der Waals surface area contributed by atoms with Crippen molar-refractivity contribution in [1.29, 1.82) is 0 Å². The van der Waals surface area contributed by atoms with Crippen molar-refractivity contribution < 1.29 is 19.5 Å². The second kappa shape index (κ2) is 11.9. The van der Waals surface area contributed by atoms with Crippen molar-refractivity contribution in [1.82, 2.24) is 0 Å². The quantitative estimate of drug-likeness (QED) is 0.201. The van der Waals surface area contributed by atoms with E-state index in [9.17, 15) is 10.0 Å². The molecule has 0 saturated carbocycles. The van der Waals surface area contributed by atoms with Crippen LogP contribution in [-0.2, 0) is 12.4 Å². The van der Waals surface area contributed by atoms with Crippen LogP contribution in [0.3, 0.4) is 0 Å². The van der Waals surface area contributed by atoms with Crippen LogP contribution in [0.4, 0.5) is 0 Å². The van der Waals surface area contributed by atoms with Gasteiger partial charge in [0, 0.05) is 11.2 Å². The third-order valence-electron chi connectivity index (χ3n) is 4.42. The van der Waals surface area contributed by atoms with Crippen molar-refractivity contribution in [2.45, 2.75) is 12.4 Å². The molecule has 3 rings (SSSR count). The molecule has 3 aromatic carbocycles. The molecule has 0 heterocycles. The lowest BCUT2D eigenvalue weighted by molar-refractivity contribution is 0.285. The summed E-state index contributed by atoms with van der Waals surface area (Å²) < 4.78 is 11.2. The van der Waals surface area contributed by atoms with Gasteiger partial charge in [-0.2, -0.15) is 5.10 Å². The van der Waals surface area contributed by atoms with Crippen LogP contribution in [0, 0.1) is 0 Å². The highest BCUT2D eigenvalue weighted by Gasteiger charge is 2.22. The molecule has 0 saturated heterocycles. The number of nitrogens with two attached hydrogens (primary N) is 1. The van der Waals surface area contributed by atoms with Gasteiger partial charge in [-0.05, 0) is 28.8 Å². The Morgan fingerprint density at radius 3 is 2.31 bits per heavy atom. The molecule has 0 bridgehead atoms. The predicted molar refractivity (Wildman–Crippen MR) is 131 cm³/mol. The smallest absolute Gasteiger partial charge is 0.492 e. The van der Waals surface area contributed by atoms with Gasteiger partial charge in [0.25, 0.3) is 0 Å². The van der Waals surface area contributed by atoms with E-state index in [0.717, 1.165) is 11.1 Å². The van der Waals surface area contributed by atoms with E-state index in [4.69, 9.17) is 15.2 Å². The number of thioether (sulfide) groups is 1. The first-order valence-electron chi connectivity index (χ1n) is 9.85. The van der Waals surface area contributed by atoms with Crippen LogP contribution in [-0.4, -0.2) is 35.7 Å². The summed E-state index contributed by atoms with van der Waals surface area (Å²) >= 11 is 1.38. The predicted octanol–water partition coefficient (Wildman–Crippen LogP) is 2.54. The van der Waals surface area contributed by atoms with Gasteiger partial charge < -0.3 is 25.3 Å². The Morgan fingerprint density at radius 1 is 1.03 bits per heavy atom. The number of hydrogen-bond acceptors (Lipinski definition) is 7. The Hall–Kier alpha value is -3.27. The third-order valence-corrected chi connectivity index (χ3v) is 5.28. The van der Waals surface area contributed by atoms with E-state index in [1.165, 1.54) is 25.1 Å². The first-order valence-corrected chi connectivity index (χ1v) is 10.8. The van der Waals surface area contributed by atoms with Crippen molar-refractivity contribution in [2.24, 2.45) is 15.9 Å². The summed E-state index contributed by atoms with van der Waals surface area (Å²) in [4.78, 5) is 0. The molecule has 4 N–H and O–H groups in total. The van der Waals surface area contributed by atoms with Crippen molar-refractivity contribution >= 4 is 35.7 Å². The van der Waals surface area contributed by atoms with Crippen LogP contribution in [0.2, 0.25) is 0 Å². The van der Waals surface area contributed by atoms with Gasteiger partial charge in [0.15, 0.2) is 16.7 Å². The fourth-order valence-corrected chi connectivity index (χ4v) is 3.47. The van der Waals surface area contributed by atoms with E-state index < -0.39 is 7.12 Å². The second-order valence-corrected chi connectivity index (χ2v) is 7.74. The Kier molecular flexibility index (Phi) is 8.74. The molecule has 0 amide bonds. The SMILES string of the molecule is COc1cc(C=NN=C(N)SCc2ccccc2)cc(B(O)O)c1OCc1ccccc1. The maximum absolute atomic E-state index is 9.86. The molecule has 0 aliphatic heterocycles. The van der Waals surface area contributed by atoms with Crippen LogP contribution in [0.25, 0.3) is 0 Å². The summed E-state index contributed by atoms with van der Waals surface area (Å²) in [5.41, 5.74) is 8.71. The molecular formula is C23H24BN3O4S. The molecule has 32 heavy (non-hydrogen) atoms. The fraction of sp³-hybridized carbons (Fsp3) is 0.130. The molecule has 0 aromatic heterocycles. The van der Waals surface area contributed by atoms with E-state index in [2.05, 4.69) is 10.2 Å². The van der Waals surface area contributed by atoms with E-state index in [1.807, 2.05) is 60.7 Å². The molecule has 0 aliphatic carbocycles. The lowest BCUT2D eigenvalue weighted by Crippen LogP contribution is -2.32. The van der Waals surface area contributed by atoms with Gasteiger partial charge in [-0.1, -0.05) is 72.4 Å². The molecule has 0 atom stereocenters. The number of amidine groups is 1. The number of hydrogen-bond donors (Lipinski definition) is 3. The molecule has 0 fully saturated rings. The minimum atomic E-state index is -1.75. The molecule has 164 valence electrons. The molecule has 9 heteroatoms. The van der Waals surface area contributed by atoms with Crippen LogP contribution in [0.5, 0.6) is 11.5 Å². The van der Waals surface area contributed by atoms with Crippen molar-refractivity contribution in [3.8, 4) is 11.5 Å². The Labute approximate surface area is 191 Å². The van der Waals surface area contributed by atoms with Crippen LogP contribution in [0.1, 0.15) is 16.7 Å². The molecule has 0 radical (unpaired) electrons. The fourth-order valence-electron chi connectivity index (χ4n) is 2.86. The van der Waals surface area contributed by atoms with Crippen molar-refractivity contribution in [3.05, 3.63) is 89.5 Å². The summed E-state index contributed by atoms with van der Waals surface area (Å²) in [6.45, 7) is 0.254. The highest BCUT2D eigenvalue weighted by molar-refractivity contribution is 8.13. The lowest BCUT2D eigenvalue weighted by Gasteiger charge is -2.16. The number of ether oxygens (including phenoxy) is 2. The van der Waals surface area contributed by atoms with Crippen LogP contribution >= 0.6 is 11.8 Å². The zero-order valence-electron chi connectivity index (χ0n) is 17.6.